The molecule has 0 bridgehead atoms. The van der Waals surface area contributed by atoms with Crippen LogP contribution in [0.1, 0.15) is 32.0 Å². The molecular weight excluding hydrogens is 575 g/mol. The average Bonchev–Trinajstić information content (AvgIpc) is 3.41. The van der Waals surface area contributed by atoms with Crippen molar-refractivity contribution < 1.29 is 31.5 Å². The van der Waals surface area contributed by atoms with Crippen LogP contribution in [0.3, 0.4) is 0 Å². The number of rotatable bonds is 8. The Morgan fingerprint density at radius 2 is 1.77 bits per heavy atom. The molecular formula is C27H23N3O7S3. The Bertz CT molecular complexity index is 1830. The number of anilines is 1. The number of hydrogen-bond donors (Lipinski definition) is 3. The van der Waals surface area contributed by atoms with Crippen LogP contribution in [-0.4, -0.2) is 51.1 Å². The first kappa shape index (κ1) is 27.6. The number of nitrogens with one attached hydrogen (secondary N) is 2. The van der Waals surface area contributed by atoms with Gasteiger partial charge in [-0.1, -0.05) is 24.3 Å². The van der Waals surface area contributed by atoms with Crippen LogP contribution in [0.25, 0.3) is 10.6 Å². The molecule has 1 aliphatic rings. The number of aliphatic hydroxyl groups is 1. The molecule has 0 unspecified atom stereocenters. The van der Waals surface area contributed by atoms with E-state index in [-0.39, 0.29) is 56.8 Å². The van der Waals surface area contributed by atoms with E-state index in [9.17, 15) is 26.4 Å². The maximum absolute atomic E-state index is 13.1. The van der Waals surface area contributed by atoms with Crippen molar-refractivity contribution >= 4 is 48.5 Å². The maximum Gasteiger partial charge on any atom is 0.257 e. The van der Waals surface area contributed by atoms with Crippen molar-refractivity contribution in [2.24, 2.45) is 0 Å². The highest BCUT2D eigenvalue weighted by molar-refractivity contribution is 7.92. The molecule has 0 saturated carbocycles. The number of aliphatic hydroxyl groups excluding tert-OH is 1. The highest BCUT2D eigenvalue weighted by Gasteiger charge is 2.31. The molecule has 0 spiro atoms. The third-order valence-corrected chi connectivity index (χ3v) is 10.9. The minimum Gasteiger partial charge on any atom is -0.396 e. The van der Waals surface area contributed by atoms with Gasteiger partial charge in [-0.15, -0.1) is 11.3 Å². The maximum atomic E-state index is 13.1. The molecule has 1 aromatic heterocycles. The van der Waals surface area contributed by atoms with Gasteiger partial charge < -0.3 is 15.7 Å². The van der Waals surface area contributed by atoms with Crippen molar-refractivity contribution in [2.75, 3.05) is 17.7 Å². The summed E-state index contributed by atoms with van der Waals surface area (Å²) in [6.45, 7) is -0.0488. The summed E-state index contributed by atoms with van der Waals surface area (Å²) in [6.07, 6.45) is 1.77. The molecule has 2 heterocycles. The third kappa shape index (κ3) is 5.41. The van der Waals surface area contributed by atoms with Gasteiger partial charge in [0.15, 0.2) is 9.84 Å². The number of fused-ring (bicyclic) bond motifs is 2. The van der Waals surface area contributed by atoms with Crippen molar-refractivity contribution in [2.45, 2.75) is 27.7 Å². The highest BCUT2D eigenvalue weighted by Crippen LogP contribution is 2.34. The van der Waals surface area contributed by atoms with Crippen molar-refractivity contribution in [1.82, 2.24) is 10.3 Å². The Labute approximate surface area is 234 Å². The molecule has 0 aliphatic carbocycles. The fourth-order valence-corrected chi connectivity index (χ4v) is 7.91. The van der Waals surface area contributed by atoms with Gasteiger partial charge in [-0.05, 0) is 48.9 Å². The van der Waals surface area contributed by atoms with Gasteiger partial charge in [-0.3, -0.25) is 9.59 Å². The summed E-state index contributed by atoms with van der Waals surface area (Å²) >= 11 is 1.32. The van der Waals surface area contributed by atoms with Crippen LogP contribution in [0.4, 0.5) is 5.69 Å². The Hall–Kier alpha value is -3.91. The smallest absolute Gasteiger partial charge is 0.257 e. The number of hydrogen-bond acceptors (Lipinski definition) is 9. The molecule has 5 rings (SSSR count). The lowest BCUT2D eigenvalue weighted by Gasteiger charge is -2.10. The number of sulfone groups is 2. The molecule has 0 radical (unpaired) electrons. The van der Waals surface area contributed by atoms with Crippen LogP contribution in [0.15, 0.2) is 87.6 Å². The molecule has 206 valence electrons. The van der Waals surface area contributed by atoms with Crippen molar-refractivity contribution in [3.05, 3.63) is 88.9 Å². The van der Waals surface area contributed by atoms with E-state index in [1.807, 2.05) is 0 Å². The predicted octanol–water partition coefficient (Wildman–Crippen LogP) is 3.29. The molecule has 10 nitrogen and oxygen atoms in total. The summed E-state index contributed by atoms with van der Waals surface area (Å²) < 4.78 is 50.9. The first-order valence-corrected chi connectivity index (χ1v) is 16.0. The van der Waals surface area contributed by atoms with Gasteiger partial charge in [-0.2, -0.15) is 0 Å². The first-order valence-electron chi connectivity index (χ1n) is 12.1. The van der Waals surface area contributed by atoms with Gasteiger partial charge in [-0.25, -0.2) is 21.8 Å². The minimum absolute atomic E-state index is 0.0238. The van der Waals surface area contributed by atoms with Crippen LogP contribution in [0.5, 0.6) is 0 Å². The number of aromatic nitrogens is 1. The second-order valence-electron chi connectivity index (χ2n) is 8.90. The van der Waals surface area contributed by atoms with Crippen LogP contribution in [0.2, 0.25) is 0 Å². The van der Waals surface area contributed by atoms with Crippen molar-refractivity contribution in [3.8, 4) is 10.6 Å². The topological polar surface area (TPSA) is 160 Å². The summed E-state index contributed by atoms with van der Waals surface area (Å²) in [5.74, 6) is -1.18. The molecule has 1 aliphatic heterocycles. The minimum atomic E-state index is -3.97. The van der Waals surface area contributed by atoms with E-state index in [1.165, 1.54) is 53.8 Å². The Morgan fingerprint density at radius 3 is 2.52 bits per heavy atom. The van der Waals surface area contributed by atoms with Crippen LogP contribution < -0.4 is 10.6 Å². The largest absolute Gasteiger partial charge is 0.396 e. The van der Waals surface area contributed by atoms with E-state index < -0.39 is 31.5 Å². The van der Waals surface area contributed by atoms with E-state index in [0.717, 1.165) is 4.88 Å². The Balaban J connectivity index is 1.28. The van der Waals surface area contributed by atoms with Crippen molar-refractivity contribution in [3.63, 3.8) is 0 Å². The summed E-state index contributed by atoms with van der Waals surface area (Å²) in [5.41, 5.74) is 0.940. The molecule has 3 N–H and O–H groups in total. The van der Waals surface area contributed by atoms with E-state index in [0.29, 0.717) is 10.6 Å². The fraction of sp³-hybridized carbons (Fsp3) is 0.148. The molecule has 0 atom stereocenters. The number of carbonyl (C=O) groups is 2. The van der Waals surface area contributed by atoms with Crippen LogP contribution in [-0.2, 0) is 26.2 Å². The predicted molar refractivity (Wildman–Crippen MR) is 149 cm³/mol. The summed E-state index contributed by atoms with van der Waals surface area (Å²) in [6, 6.07) is 16.3. The summed E-state index contributed by atoms with van der Waals surface area (Å²) in [5, 5.41) is 14.9. The normalized spacial score (nSPS) is 14.0. The SMILES string of the molecule is O=C(NCc1cnc(-c2ccc(S(=O)(=O)CCCO)cc2)s1)c1ccc2c(c1)NC(=O)c1ccccc1S2(=O)=O. The Morgan fingerprint density at radius 1 is 1.02 bits per heavy atom. The van der Waals surface area contributed by atoms with Gasteiger partial charge in [0, 0.05) is 28.8 Å². The zero-order valence-corrected chi connectivity index (χ0v) is 23.3. The molecule has 4 aromatic rings. The number of thiazole rings is 1. The average molecular weight is 598 g/mol. The quantitative estimate of drug-likeness (QED) is 0.279. The Kier molecular flexibility index (Phi) is 7.55. The number of carbonyl (C=O) groups excluding carboxylic acids is 2. The van der Waals surface area contributed by atoms with E-state index in [1.54, 1.807) is 30.5 Å². The lowest BCUT2D eigenvalue weighted by molar-refractivity contribution is 0.0949. The van der Waals surface area contributed by atoms with E-state index >= 15 is 0 Å². The number of amides is 2. The molecule has 3 aromatic carbocycles. The number of nitrogens with zero attached hydrogens (tertiary/aromatic N) is 1. The lowest BCUT2D eigenvalue weighted by Crippen LogP contribution is -2.22. The van der Waals surface area contributed by atoms with Crippen LogP contribution in [0, 0.1) is 0 Å². The van der Waals surface area contributed by atoms with Crippen molar-refractivity contribution in [1.29, 1.82) is 0 Å². The van der Waals surface area contributed by atoms with Gasteiger partial charge in [0.25, 0.3) is 11.8 Å². The third-order valence-electron chi connectivity index (χ3n) is 6.21. The van der Waals surface area contributed by atoms with Gasteiger partial charge in [0.1, 0.15) is 5.01 Å². The van der Waals surface area contributed by atoms with E-state index in [4.69, 9.17) is 5.11 Å². The van der Waals surface area contributed by atoms with Gasteiger partial charge in [0.05, 0.1) is 38.2 Å². The number of benzene rings is 3. The van der Waals surface area contributed by atoms with Crippen LogP contribution >= 0.6 is 11.3 Å². The zero-order chi connectivity index (χ0) is 28.5. The highest BCUT2D eigenvalue weighted by atomic mass is 32.2. The molecule has 40 heavy (non-hydrogen) atoms. The standard InChI is InChI=1S/C27H23N3O7S3/c31-12-3-13-39(34,35)20-9-6-17(7-10-20)27-29-16-19(38-27)15-28-25(32)18-8-11-24-22(14-18)30-26(33)21-4-1-2-5-23(21)40(24,36)37/h1-2,4-11,14,16,31H,3,12-13,15H2,(H,28,32)(H,30,33). The molecule has 0 fully saturated rings. The van der Waals surface area contributed by atoms with Gasteiger partial charge >= 0.3 is 0 Å². The molecule has 0 saturated heterocycles. The second kappa shape index (κ2) is 10.9. The first-order chi connectivity index (χ1) is 19.1. The van der Waals surface area contributed by atoms with Gasteiger partial charge in [0.2, 0.25) is 9.84 Å². The van der Waals surface area contributed by atoms with E-state index in [2.05, 4.69) is 15.6 Å². The monoisotopic (exact) mass is 597 g/mol. The summed E-state index contributed by atoms with van der Waals surface area (Å²) in [7, 11) is -7.45. The lowest BCUT2D eigenvalue weighted by atomic mass is 10.1. The molecule has 13 heteroatoms. The zero-order valence-electron chi connectivity index (χ0n) is 20.8. The fourth-order valence-electron chi connectivity index (χ4n) is 4.17. The molecule has 2 amide bonds. The summed E-state index contributed by atoms with van der Waals surface area (Å²) in [4.78, 5) is 30.6. The second-order valence-corrected chi connectivity index (χ2v) is 14.0.